The minimum absolute atomic E-state index is 0.162. The van der Waals surface area contributed by atoms with Crippen molar-refractivity contribution in [1.29, 1.82) is 0 Å². The number of halogens is 1. The summed E-state index contributed by atoms with van der Waals surface area (Å²) in [6.07, 6.45) is 0. The fourth-order valence-electron chi connectivity index (χ4n) is 1.26. The number of benzene rings is 1. The van der Waals surface area contributed by atoms with Gasteiger partial charge in [-0.25, -0.2) is 8.42 Å². The smallest absolute Gasteiger partial charge is 0.321 e. The Bertz CT molecular complexity index is 512. The lowest BCUT2D eigenvalue weighted by Crippen LogP contribution is -2.33. The van der Waals surface area contributed by atoms with Crippen molar-refractivity contribution in [2.24, 2.45) is 0 Å². The second-order valence-electron chi connectivity index (χ2n) is 3.52. The van der Waals surface area contributed by atoms with Crippen LogP contribution in [0.1, 0.15) is 6.92 Å². The zero-order valence-corrected chi connectivity index (χ0v) is 13.1. The van der Waals surface area contributed by atoms with E-state index < -0.39 is 16.0 Å². The fraction of sp³-hybridized carbons (Fsp3) is 0.364. The van der Waals surface area contributed by atoms with Crippen molar-refractivity contribution in [3.63, 3.8) is 0 Å². The number of hydrogen-bond acceptors (Lipinski definition) is 4. The molecule has 0 aliphatic heterocycles. The van der Waals surface area contributed by atoms with Crippen LogP contribution in [0, 0.1) is 3.57 Å². The molecule has 0 spiro atoms. The Hall–Kier alpha value is -0.670. The third kappa shape index (κ3) is 3.92. The van der Waals surface area contributed by atoms with Gasteiger partial charge in [-0.05, 0) is 53.8 Å². The molecule has 1 rings (SSSR count). The van der Waals surface area contributed by atoms with E-state index in [1.807, 2.05) is 0 Å². The van der Waals surface area contributed by atoms with Gasteiger partial charge >= 0.3 is 5.97 Å². The number of nitrogens with zero attached hydrogens (tertiary/aromatic N) is 1. The standard InChI is InChI=1S/C11H14INO4S/c1-3-17-11(14)8-13(2)18(15,16)10-6-4-9(12)5-7-10/h4-7H,3,8H2,1-2H3. The average Bonchev–Trinajstić information content (AvgIpc) is 2.29. The summed E-state index contributed by atoms with van der Waals surface area (Å²) in [5, 5.41) is 0. The Morgan fingerprint density at radius 2 is 1.89 bits per heavy atom. The second-order valence-corrected chi connectivity index (χ2v) is 6.81. The van der Waals surface area contributed by atoms with Crippen molar-refractivity contribution in [2.75, 3.05) is 20.2 Å². The van der Waals surface area contributed by atoms with E-state index in [4.69, 9.17) is 4.74 Å². The summed E-state index contributed by atoms with van der Waals surface area (Å²) in [6.45, 7) is 1.62. The maximum absolute atomic E-state index is 12.1. The first-order chi connectivity index (χ1) is 8.37. The molecule has 0 amide bonds. The number of rotatable bonds is 5. The minimum atomic E-state index is -3.64. The van der Waals surface area contributed by atoms with Gasteiger partial charge in [0.05, 0.1) is 11.5 Å². The van der Waals surface area contributed by atoms with Crippen molar-refractivity contribution in [2.45, 2.75) is 11.8 Å². The van der Waals surface area contributed by atoms with Crippen LogP contribution < -0.4 is 0 Å². The monoisotopic (exact) mass is 383 g/mol. The zero-order chi connectivity index (χ0) is 13.8. The van der Waals surface area contributed by atoms with Crippen LogP contribution >= 0.6 is 22.6 Å². The van der Waals surface area contributed by atoms with Crippen LogP contribution in [-0.4, -0.2) is 38.9 Å². The Kier molecular flexibility index (Phi) is 5.54. The van der Waals surface area contributed by atoms with Gasteiger partial charge in [0, 0.05) is 10.6 Å². The van der Waals surface area contributed by atoms with E-state index in [9.17, 15) is 13.2 Å². The van der Waals surface area contributed by atoms with Gasteiger partial charge in [0.2, 0.25) is 10.0 Å². The number of carbonyl (C=O) groups is 1. The normalized spacial score (nSPS) is 11.6. The van der Waals surface area contributed by atoms with Gasteiger partial charge in [-0.15, -0.1) is 0 Å². The molecule has 100 valence electrons. The molecule has 0 unspecified atom stereocenters. The molecule has 0 saturated heterocycles. The number of carbonyl (C=O) groups excluding carboxylic acids is 1. The molecule has 0 atom stereocenters. The van der Waals surface area contributed by atoms with Gasteiger partial charge in [0.1, 0.15) is 6.54 Å². The quantitative estimate of drug-likeness (QED) is 0.571. The number of ether oxygens (including phenoxy) is 1. The van der Waals surface area contributed by atoms with E-state index >= 15 is 0 Å². The number of sulfonamides is 1. The van der Waals surface area contributed by atoms with Crippen molar-refractivity contribution in [3.05, 3.63) is 27.8 Å². The third-order valence-electron chi connectivity index (χ3n) is 2.18. The second kappa shape index (κ2) is 6.48. The highest BCUT2D eigenvalue weighted by Gasteiger charge is 2.23. The molecule has 5 nitrogen and oxygen atoms in total. The van der Waals surface area contributed by atoms with Crippen molar-refractivity contribution in [3.8, 4) is 0 Å². The molecule has 0 N–H and O–H groups in total. The molecule has 0 fully saturated rings. The van der Waals surface area contributed by atoms with Crippen molar-refractivity contribution >= 4 is 38.6 Å². The topological polar surface area (TPSA) is 63.7 Å². The summed E-state index contributed by atoms with van der Waals surface area (Å²) in [4.78, 5) is 11.4. The van der Waals surface area contributed by atoms with Crippen molar-refractivity contribution in [1.82, 2.24) is 4.31 Å². The molecule has 0 heterocycles. The van der Waals surface area contributed by atoms with Gasteiger partial charge in [-0.2, -0.15) is 4.31 Å². The number of likely N-dealkylation sites (N-methyl/N-ethyl adjacent to an activating group) is 1. The SMILES string of the molecule is CCOC(=O)CN(C)S(=O)(=O)c1ccc(I)cc1. The lowest BCUT2D eigenvalue weighted by Gasteiger charge is -2.16. The summed E-state index contributed by atoms with van der Waals surface area (Å²) in [6, 6.07) is 6.43. The molecule has 0 aromatic heterocycles. The summed E-state index contributed by atoms with van der Waals surface area (Å²) < 4.78 is 30.8. The predicted octanol–water partition coefficient (Wildman–Crippen LogP) is 1.47. The highest BCUT2D eigenvalue weighted by atomic mass is 127. The predicted molar refractivity (Wildman–Crippen MR) is 75.6 cm³/mol. The highest BCUT2D eigenvalue weighted by molar-refractivity contribution is 14.1. The average molecular weight is 383 g/mol. The molecule has 0 bridgehead atoms. The van der Waals surface area contributed by atoms with Crippen molar-refractivity contribution < 1.29 is 17.9 Å². The van der Waals surface area contributed by atoms with E-state index in [1.165, 1.54) is 19.2 Å². The van der Waals surface area contributed by atoms with Gasteiger partial charge < -0.3 is 4.74 Å². The van der Waals surface area contributed by atoms with E-state index in [2.05, 4.69) is 22.6 Å². The summed E-state index contributed by atoms with van der Waals surface area (Å²) in [5.41, 5.74) is 0. The highest BCUT2D eigenvalue weighted by Crippen LogP contribution is 2.15. The lowest BCUT2D eigenvalue weighted by molar-refractivity contribution is -0.143. The lowest BCUT2D eigenvalue weighted by atomic mass is 10.4. The van der Waals surface area contributed by atoms with E-state index in [-0.39, 0.29) is 18.0 Å². The van der Waals surface area contributed by atoms with E-state index in [0.717, 1.165) is 7.88 Å². The fourth-order valence-corrected chi connectivity index (χ4v) is 2.73. The van der Waals surface area contributed by atoms with E-state index in [0.29, 0.717) is 0 Å². The maximum Gasteiger partial charge on any atom is 0.321 e. The van der Waals surface area contributed by atoms with Crippen LogP contribution in [0.5, 0.6) is 0 Å². The molecule has 0 radical (unpaired) electrons. The maximum atomic E-state index is 12.1. The number of esters is 1. The van der Waals surface area contributed by atoms with Crippen LogP contribution in [0.3, 0.4) is 0 Å². The Morgan fingerprint density at radius 1 is 1.33 bits per heavy atom. The first kappa shape index (κ1) is 15.4. The summed E-state index contributed by atoms with van der Waals surface area (Å²) in [7, 11) is -2.29. The first-order valence-corrected chi connectivity index (χ1v) is 7.77. The summed E-state index contributed by atoms with van der Waals surface area (Å²) in [5.74, 6) is -0.561. The van der Waals surface area contributed by atoms with Crippen LogP contribution in [0.15, 0.2) is 29.2 Å². The van der Waals surface area contributed by atoms with Gasteiger partial charge in [0.15, 0.2) is 0 Å². The third-order valence-corrected chi connectivity index (χ3v) is 4.72. The van der Waals surface area contributed by atoms with Crippen LogP contribution in [-0.2, 0) is 19.6 Å². The largest absolute Gasteiger partial charge is 0.465 e. The molecule has 1 aromatic carbocycles. The number of hydrogen-bond donors (Lipinski definition) is 0. The molecule has 0 saturated carbocycles. The molecule has 7 heteroatoms. The Labute approximate surface area is 120 Å². The molecule has 0 aliphatic carbocycles. The van der Waals surface area contributed by atoms with Gasteiger partial charge in [-0.1, -0.05) is 0 Å². The Morgan fingerprint density at radius 3 is 2.39 bits per heavy atom. The van der Waals surface area contributed by atoms with Crippen LogP contribution in [0.25, 0.3) is 0 Å². The molecular weight excluding hydrogens is 369 g/mol. The first-order valence-electron chi connectivity index (χ1n) is 5.25. The van der Waals surface area contributed by atoms with E-state index in [1.54, 1.807) is 19.1 Å². The molecule has 18 heavy (non-hydrogen) atoms. The molecule has 0 aliphatic rings. The molecular formula is C11H14INO4S. The van der Waals surface area contributed by atoms with Crippen LogP contribution in [0.4, 0.5) is 0 Å². The van der Waals surface area contributed by atoms with Crippen LogP contribution in [0.2, 0.25) is 0 Å². The Balaban J connectivity index is 2.86. The van der Waals surface area contributed by atoms with Gasteiger partial charge in [-0.3, -0.25) is 4.79 Å². The van der Waals surface area contributed by atoms with Gasteiger partial charge in [0.25, 0.3) is 0 Å². The molecule has 1 aromatic rings. The summed E-state index contributed by atoms with van der Waals surface area (Å²) >= 11 is 2.09. The minimum Gasteiger partial charge on any atom is -0.465 e. The zero-order valence-electron chi connectivity index (χ0n) is 10.1.